The molecule has 4 rings (SSSR count). The summed E-state index contributed by atoms with van der Waals surface area (Å²) in [5, 5.41) is 1.88. The molecule has 186 valence electrons. The van der Waals surface area contributed by atoms with Gasteiger partial charge in [0.15, 0.2) is 0 Å². The molecule has 1 amide bonds. The molecule has 8 atom stereocenters. The van der Waals surface area contributed by atoms with Crippen molar-refractivity contribution in [3.63, 3.8) is 0 Å². The van der Waals surface area contributed by atoms with Crippen molar-refractivity contribution in [1.29, 1.82) is 0 Å². The van der Waals surface area contributed by atoms with E-state index in [0.717, 1.165) is 44.9 Å². The summed E-state index contributed by atoms with van der Waals surface area (Å²) < 4.78 is 49.8. The Balaban J connectivity index is 1.36. The molecule has 33 heavy (non-hydrogen) atoms. The lowest BCUT2D eigenvalue weighted by Crippen LogP contribution is -2.55. The highest BCUT2D eigenvalue weighted by Gasteiger charge is 2.61. The number of Topliss-reactive ketones (excluding diaryl/α,β-unsaturated/α-hetero) is 1. The van der Waals surface area contributed by atoms with Crippen LogP contribution in [0.5, 0.6) is 0 Å². The van der Waals surface area contributed by atoms with Crippen molar-refractivity contribution in [3.8, 4) is 0 Å². The number of ketones is 1. The van der Waals surface area contributed by atoms with E-state index in [9.17, 15) is 27.0 Å². The summed E-state index contributed by atoms with van der Waals surface area (Å²) in [6, 6.07) is 0. The minimum absolute atomic E-state index is 0.0246. The van der Waals surface area contributed by atoms with Gasteiger partial charge in [0.25, 0.3) is 0 Å². The number of amides is 1. The second-order valence-corrected chi connectivity index (χ2v) is 13.1. The fourth-order valence-electron chi connectivity index (χ4n) is 7.90. The number of carbonyl (C=O) groups is 2. The first-order chi connectivity index (χ1) is 15.4. The van der Waals surface area contributed by atoms with Crippen LogP contribution in [-0.2, 0) is 20.4 Å². The predicted molar refractivity (Wildman–Crippen MR) is 122 cm³/mol. The van der Waals surface area contributed by atoms with E-state index in [1.165, 1.54) is 5.57 Å². The molecule has 4 saturated carbocycles. The molecule has 4 aliphatic rings. The van der Waals surface area contributed by atoms with Crippen LogP contribution in [0.25, 0.3) is 0 Å². The fourth-order valence-corrected chi connectivity index (χ4v) is 9.45. The number of hydrogen-bond acceptors (Lipinski definition) is 3. The maximum absolute atomic E-state index is 12.9. The number of alkyl halides is 3. The van der Waals surface area contributed by atoms with Gasteiger partial charge in [-0.3, -0.25) is 13.8 Å². The third-order valence-electron chi connectivity index (χ3n) is 9.72. The first-order valence-corrected chi connectivity index (χ1v) is 13.7. The van der Waals surface area contributed by atoms with Gasteiger partial charge in [0.05, 0.1) is 0 Å². The van der Waals surface area contributed by atoms with Crippen LogP contribution in [0.1, 0.15) is 71.6 Å². The van der Waals surface area contributed by atoms with E-state index in [1.807, 2.05) is 5.32 Å². The van der Waals surface area contributed by atoms with Gasteiger partial charge in [-0.15, -0.1) is 0 Å². The van der Waals surface area contributed by atoms with Crippen LogP contribution in [0.2, 0.25) is 0 Å². The summed E-state index contributed by atoms with van der Waals surface area (Å²) in [5.41, 5.74) is 1.20. The molecule has 1 unspecified atom stereocenters. The molecule has 4 aliphatic carbocycles. The lowest BCUT2D eigenvalue weighted by molar-refractivity contribution is -0.173. The molecule has 0 aromatic rings. The summed E-state index contributed by atoms with van der Waals surface area (Å²) in [7, 11) is -1.13. The Bertz CT molecular complexity index is 858. The van der Waals surface area contributed by atoms with Gasteiger partial charge in [-0.25, -0.2) is 0 Å². The number of hydrogen-bond donors (Lipinski definition) is 1. The molecule has 0 bridgehead atoms. The lowest BCUT2D eigenvalue weighted by Gasteiger charge is -2.60. The molecule has 0 heterocycles. The van der Waals surface area contributed by atoms with E-state index in [4.69, 9.17) is 0 Å². The van der Waals surface area contributed by atoms with E-state index in [2.05, 4.69) is 20.4 Å². The van der Waals surface area contributed by atoms with E-state index in [-0.39, 0.29) is 29.0 Å². The Morgan fingerprint density at radius 2 is 1.91 bits per heavy atom. The van der Waals surface area contributed by atoms with Crippen LogP contribution in [-0.4, -0.2) is 39.6 Å². The zero-order valence-corrected chi connectivity index (χ0v) is 20.5. The summed E-state index contributed by atoms with van der Waals surface area (Å²) in [6.07, 6.45) is 2.78. The van der Waals surface area contributed by atoms with Crippen molar-refractivity contribution in [3.05, 3.63) is 12.2 Å². The Kier molecular flexibility index (Phi) is 6.64. The molecule has 0 radical (unpaired) electrons. The zero-order valence-electron chi connectivity index (χ0n) is 19.6. The highest BCUT2D eigenvalue weighted by Crippen LogP contribution is 2.66. The Hall–Kier alpha value is -1.18. The van der Waals surface area contributed by atoms with Gasteiger partial charge in [0.1, 0.15) is 5.78 Å². The van der Waals surface area contributed by atoms with Gasteiger partial charge in [0, 0.05) is 40.2 Å². The Labute approximate surface area is 197 Å². The van der Waals surface area contributed by atoms with E-state index >= 15 is 0 Å². The molecule has 8 heteroatoms. The number of fused-ring (bicyclic) bond motifs is 5. The van der Waals surface area contributed by atoms with Gasteiger partial charge >= 0.3 is 12.1 Å². The largest absolute Gasteiger partial charge is 0.471 e. The molecular formula is C25H36F3NO3S. The van der Waals surface area contributed by atoms with Gasteiger partial charge in [-0.05, 0) is 80.5 Å². The second kappa shape index (κ2) is 8.80. The van der Waals surface area contributed by atoms with Crippen molar-refractivity contribution < 1.29 is 27.0 Å². The molecule has 0 aromatic heterocycles. The molecule has 0 saturated heterocycles. The maximum atomic E-state index is 12.9. The standard InChI is InChI=1S/C25H36F3NO3S/c1-15-13-17-18-5-6-21(30)24(18,3)10-8-19(17)23(2)9-7-16(14-20(15)23)33(32)12-4-11-29-22(31)25(26,27)28/h16-20H,1,4-14H2,2-3H3,(H,29,31)/t16-,17+,18+,19+,20?,23-,24+,33-/m1/s1. The smallest absolute Gasteiger partial charge is 0.348 e. The lowest BCUT2D eigenvalue weighted by atomic mass is 9.44. The molecule has 0 aromatic carbocycles. The number of nitrogens with one attached hydrogen (secondary N) is 1. The summed E-state index contributed by atoms with van der Waals surface area (Å²) in [6.45, 7) is 8.90. The molecule has 4 fully saturated rings. The molecule has 0 aliphatic heterocycles. The van der Waals surface area contributed by atoms with Gasteiger partial charge < -0.3 is 5.32 Å². The van der Waals surface area contributed by atoms with E-state index in [1.54, 1.807) is 0 Å². The minimum Gasteiger partial charge on any atom is -0.348 e. The third-order valence-corrected chi connectivity index (χ3v) is 11.6. The predicted octanol–water partition coefficient (Wildman–Crippen LogP) is 4.95. The summed E-state index contributed by atoms with van der Waals surface area (Å²) in [4.78, 5) is 23.5. The number of halogens is 3. The van der Waals surface area contributed by atoms with Crippen LogP contribution in [0, 0.1) is 34.5 Å². The highest BCUT2D eigenvalue weighted by molar-refractivity contribution is 7.85. The van der Waals surface area contributed by atoms with Crippen LogP contribution in [0.3, 0.4) is 0 Å². The van der Waals surface area contributed by atoms with E-state index < -0.39 is 22.9 Å². The van der Waals surface area contributed by atoms with Crippen LogP contribution in [0.4, 0.5) is 13.2 Å². The van der Waals surface area contributed by atoms with Crippen LogP contribution < -0.4 is 5.32 Å². The van der Waals surface area contributed by atoms with Crippen LogP contribution in [0.15, 0.2) is 12.2 Å². The van der Waals surface area contributed by atoms with Gasteiger partial charge in [0.2, 0.25) is 0 Å². The highest BCUT2D eigenvalue weighted by atomic mass is 32.2. The fraction of sp³-hybridized carbons (Fsp3) is 0.840. The Morgan fingerprint density at radius 3 is 2.61 bits per heavy atom. The third kappa shape index (κ3) is 4.34. The average Bonchev–Trinajstić information content (AvgIpc) is 3.05. The number of rotatable bonds is 5. The summed E-state index contributed by atoms with van der Waals surface area (Å²) in [5.74, 6) is 0.654. The molecule has 1 N–H and O–H groups in total. The first kappa shape index (κ1) is 24.9. The number of carbonyl (C=O) groups excluding carboxylic acids is 2. The quantitative estimate of drug-likeness (QED) is 0.441. The summed E-state index contributed by atoms with van der Waals surface area (Å²) >= 11 is 0. The molecule has 0 spiro atoms. The SMILES string of the molecule is C=C1C[C@@H]2[C@H](CC[C@]3(C)C(=O)CC[C@@H]23)[C@@]2(C)CC[C@@H]([S@](=O)CCCNC(=O)C(F)(F)F)CC12. The zero-order chi connectivity index (χ0) is 24.2. The minimum atomic E-state index is -4.88. The van der Waals surface area contributed by atoms with Crippen molar-refractivity contribution >= 4 is 22.5 Å². The van der Waals surface area contributed by atoms with Crippen LogP contribution >= 0.6 is 0 Å². The molecular weight excluding hydrogens is 451 g/mol. The Morgan fingerprint density at radius 1 is 1.18 bits per heavy atom. The first-order valence-electron chi connectivity index (χ1n) is 12.3. The number of allylic oxidation sites excluding steroid dienone is 1. The monoisotopic (exact) mass is 487 g/mol. The van der Waals surface area contributed by atoms with Crippen molar-refractivity contribution in [2.45, 2.75) is 83.1 Å². The molecule has 4 nitrogen and oxygen atoms in total. The second-order valence-electron chi connectivity index (χ2n) is 11.3. The van der Waals surface area contributed by atoms with E-state index in [0.29, 0.717) is 41.6 Å². The van der Waals surface area contributed by atoms with Crippen molar-refractivity contribution in [2.24, 2.45) is 34.5 Å². The van der Waals surface area contributed by atoms with Gasteiger partial charge in [-0.2, -0.15) is 13.2 Å². The van der Waals surface area contributed by atoms with Crippen molar-refractivity contribution in [1.82, 2.24) is 5.32 Å². The average molecular weight is 488 g/mol. The van der Waals surface area contributed by atoms with Crippen molar-refractivity contribution in [2.75, 3.05) is 12.3 Å². The topological polar surface area (TPSA) is 63.2 Å². The van der Waals surface area contributed by atoms with Gasteiger partial charge in [-0.1, -0.05) is 26.0 Å². The maximum Gasteiger partial charge on any atom is 0.471 e. The normalized spacial score (nSPS) is 41.7.